The Morgan fingerprint density at radius 2 is 1.96 bits per heavy atom. The lowest BCUT2D eigenvalue weighted by Crippen LogP contribution is -2.42. The number of hydrogen-bond acceptors (Lipinski definition) is 5. The molecule has 2 atom stereocenters. The van der Waals surface area contributed by atoms with E-state index in [-0.39, 0.29) is 12.5 Å². The van der Waals surface area contributed by atoms with E-state index in [9.17, 15) is 9.59 Å². The number of carbonyl (C=O) groups excluding carboxylic acids is 1. The first-order valence-electron chi connectivity index (χ1n) is 9.36. The van der Waals surface area contributed by atoms with Crippen molar-refractivity contribution in [1.82, 2.24) is 4.90 Å². The number of benzene rings is 1. The molecule has 0 saturated carbocycles. The Morgan fingerprint density at radius 3 is 2.59 bits per heavy atom. The van der Waals surface area contributed by atoms with Crippen LogP contribution in [-0.2, 0) is 14.3 Å². The van der Waals surface area contributed by atoms with E-state index >= 15 is 0 Å². The number of carboxylic acids is 1. The molecule has 0 unspecified atom stereocenters. The zero-order chi connectivity index (χ0) is 19.8. The molecule has 2 rings (SSSR count). The van der Waals surface area contributed by atoms with Crippen molar-refractivity contribution in [2.24, 2.45) is 11.8 Å². The van der Waals surface area contributed by atoms with Gasteiger partial charge in [0.2, 0.25) is 0 Å². The van der Waals surface area contributed by atoms with Crippen LogP contribution >= 0.6 is 0 Å². The normalized spacial score (nSPS) is 20.1. The Hall–Kier alpha value is -2.34. The Labute approximate surface area is 160 Å². The van der Waals surface area contributed by atoms with Crippen LogP contribution in [0.1, 0.15) is 32.3 Å². The fourth-order valence-electron chi connectivity index (χ4n) is 3.47. The molecule has 1 fully saturated rings. The van der Waals surface area contributed by atoms with Crippen LogP contribution in [0.3, 0.4) is 0 Å². The maximum Gasteiger partial charge on any atom is 0.417 e. The highest BCUT2D eigenvalue weighted by molar-refractivity contribution is 6.28. The van der Waals surface area contributed by atoms with Gasteiger partial charge in [-0.1, -0.05) is 31.2 Å². The maximum absolute atomic E-state index is 11.1. The molecule has 6 heteroatoms. The Morgan fingerprint density at radius 1 is 1.26 bits per heavy atom. The van der Waals surface area contributed by atoms with Crippen LogP contribution in [0.5, 0.6) is 5.75 Å². The summed E-state index contributed by atoms with van der Waals surface area (Å²) in [7, 11) is 0. The van der Waals surface area contributed by atoms with Gasteiger partial charge in [-0.2, -0.15) is 0 Å². The molecule has 1 aromatic rings. The van der Waals surface area contributed by atoms with Crippen molar-refractivity contribution in [2.75, 3.05) is 32.8 Å². The van der Waals surface area contributed by atoms with Crippen molar-refractivity contribution >= 4 is 17.5 Å². The van der Waals surface area contributed by atoms with Gasteiger partial charge in [0.05, 0.1) is 13.2 Å². The summed E-state index contributed by atoms with van der Waals surface area (Å²) in [6.07, 6.45) is 1.84. The molecule has 1 aliphatic heterocycles. The fourth-order valence-corrected chi connectivity index (χ4v) is 3.47. The molecule has 0 amide bonds. The van der Waals surface area contributed by atoms with Gasteiger partial charge in [0, 0.05) is 25.6 Å². The van der Waals surface area contributed by atoms with E-state index in [4.69, 9.17) is 14.6 Å². The molecule has 1 aromatic carbocycles. The molecule has 0 aliphatic carbocycles. The number of rotatable bonds is 8. The standard InChI is InChI=1S/C21H29NO5/c1-15(2)18-5-7-19(8-6-18)26-10-4-9-22-12-16(3)11-17(13-22)14-27-21(25)20(23)24/h5-8,16-17H,1,4,9-14H2,2-3H3,(H,23,24)/t16-,17-/m0/s1. The van der Waals surface area contributed by atoms with Crippen LogP contribution in [0, 0.1) is 11.8 Å². The molecule has 0 radical (unpaired) electrons. The average Bonchev–Trinajstić information content (AvgIpc) is 2.63. The zero-order valence-corrected chi connectivity index (χ0v) is 16.1. The quantitative estimate of drug-likeness (QED) is 0.427. The molecule has 1 saturated heterocycles. The summed E-state index contributed by atoms with van der Waals surface area (Å²) in [4.78, 5) is 24.0. The third-order valence-electron chi connectivity index (χ3n) is 4.68. The summed E-state index contributed by atoms with van der Waals surface area (Å²) in [5.41, 5.74) is 2.14. The number of allylic oxidation sites excluding steroid dienone is 1. The van der Waals surface area contributed by atoms with Crippen LogP contribution in [-0.4, -0.2) is 54.8 Å². The Balaban J connectivity index is 1.70. The van der Waals surface area contributed by atoms with Crippen molar-refractivity contribution in [3.05, 3.63) is 36.4 Å². The van der Waals surface area contributed by atoms with Gasteiger partial charge >= 0.3 is 11.9 Å². The largest absolute Gasteiger partial charge is 0.494 e. The van der Waals surface area contributed by atoms with Gasteiger partial charge in [-0.15, -0.1) is 0 Å². The molecular weight excluding hydrogens is 346 g/mol. The summed E-state index contributed by atoms with van der Waals surface area (Å²) in [5.74, 6) is -1.20. The monoisotopic (exact) mass is 375 g/mol. The second kappa shape index (κ2) is 10.1. The van der Waals surface area contributed by atoms with Crippen molar-refractivity contribution in [3.8, 4) is 5.75 Å². The van der Waals surface area contributed by atoms with Gasteiger partial charge < -0.3 is 19.5 Å². The van der Waals surface area contributed by atoms with Crippen LogP contribution in [0.15, 0.2) is 30.8 Å². The van der Waals surface area contributed by atoms with Crippen molar-refractivity contribution < 1.29 is 24.2 Å². The average molecular weight is 375 g/mol. The van der Waals surface area contributed by atoms with Gasteiger partial charge in [-0.25, -0.2) is 9.59 Å². The number of nitrogens with zero attached hydrogens (tertiary/aromatic N) is 1. The highest BCUT2D eigenvalue weighted by Gasteiger charge is 2.26. The van der Waals surface area contributed by atoms with E-state index in [0.29, 0.717) is 12.5 Å². The first-order chi connectivity index (χ1) is 12.8. The van der Waals surface area contributed by atoms with E-state index in [2.05, 4.69) is 18.4 Å². The number of carboxylic acid groups (broad SMARTS) is 1. The van der Waals surface area contributed by atoms with Gasteiger partial charge in [0.1, 0.15) is 5.75 Å². The van der Waals surface area contributed by atoms with Crippen molar-refractivity contribution in [3.63, 3.8) is 0 Å². The minimum absolute atomic E-state index is 0.164. The van der Waals surface area contributed by atoms with Crippen molar-refractivity contribution in [2.45, 2.75) is 26.7 Å². The summed E-state index contributed by atoms with van der Waals surface area (Å²) in [6.45, 7) is 11.6. The predicted octanol–water partition coefficient (Wildman–Crippen LogP) is 3.07. The highest BCUT2D eigenvalue weighted by Crippen LogP contribution is 2.22. The SMILES string of the molecule is C=C(C)c1ccc(OCCCN2C[C@@H](C)C[C@H](COC(=O)C(=O)O)C2)cc1. The Bertz CT molecular complexity index is 655. The lowest BCUT2D eigenvalue weighted by Gasteiger charge is -2.36. The van der Waals surface area contributed by atoms with E-state index in [1.54, 1.807) is 0 Å². The number of aliphatic carboxylic acids is 1. The minimum Gasteiger partial charge on any atom is -0.494 e. The summed E-state index contributed by atoms with van der Waals surface area (Å²) in [5, 5.41) is 8.59. The lowest BCUT2D eigenvalue weighted by molar-refractivity contribution is -0.165. The summed E-state index contributed by atoms with van der Waals surface area (Å²) < 4.78 is 10.7. The van der Waals surface area contributed by atoms with E-state index in [1.807, 2.05) is 31.2 Å². The predicted molar refractivity (Wildman–Crippen MR) is 104 cm³/mol. The molecule has 0 aromatic heterocycles. The van der Waals surface area contributed by atoms with Crippen LogP contribution < -0.4 is 4.74 Å². The topological polar surface area (TPSA) is 76.1 Å². The Kier molecular flexibility index (Phi) is 7.85. The van der Waals surface area contributed by atoms with Crippen LogP contribution in [0.25, 0.3) is 5.57 Å². The molecule has 0 bridgehead atoms. The summed E-state index contributed by atoms with van der Waals surface area (Å²) in [6, 6.07) is 7.93. The first-order valence-corrected chi connectivity index (χ1v) is 9.36. The number of carbonyl (C=O) groups is 2. The molecule has 6 nitrogen and oxygen atoms in total. The molecule has 0 spiro atoms. The zero-order valence-electron chi connectivity index (χ0n) is 16.1. The molecular formula is C21H29NO5. The minimum atomic E-state index is -1.54. The second-order valence-electron chi connectivity index (χ2n) is 7.38. The third-order valence-corrected chi connectivity index (χ3v) is 4.68. The van der Waals surface area contributed by atoms with Gasteiger partial charge in [0.15, 0.2) is 0 Å². The summed E-state index contributed by atoms with van der Waals surface area (Å²) >= 11 is 0. The number of hydrogen-bond donors (Lipinski definition) is 1. The van der Waals surface area contributed by atoms with E-state index in [1.165, 1.54) is 0 Å². The molecule has 1 aliphatic rings. The number of esters is 1. The maximum atomic E-state index is 11.1. The molecule has 1 heterocycles. The van der Waals surface area contributed by atoms with E-state index < -0.39 is 11.9 Å². The number of ether oxygens (including phenoxy) is 2. The fraction of sp³-hybridized carbons (Fsp3) is 0.524. The first kappa shape index (κ1) is 21.0. The smallest absolute Gasteiger partial charge is 0.417 e. The highest BCUT2D eigenvalue weighted by atomic mass is 16.6. The van der Waals surface area contributed by atoms with Crippen LogP contribution in [0.4, 0.5) is 0 Å². The van der Waals surface area contributed by atoms with Crippen molar-refractivity contribution in [1.29, 1.82) is 0 Å². The number of piperidine rings is 1. The molecule has 1 N–H and O–H groups in total. The van der Waals surface area contributed by atoms with Gasteiger partial charge in [-0.05, 0) is 43.4 Å². The van der Waals surface area contributed by atoms with Crippen LogP contribution in [0.2, 0.25) is 0 Å². The van der Waals surface area contributed by atoms with E-state index in [0.717, 1.165) is 49.4 Å². The lowest BCUT2D eigenvalue weighted by atomic mass is 9.91. The molecule has 148 valence electrons. The van der Waals surface area contributed by atoms with Gasteiger partial charge in [0.25, 0.3) is 0 Å². The number of likely N-dealkylation sites (tertiary alicyclic amines) is 1. The van der Waals surface area contributed by atoms with Gasteiger partial charge in [-0.3, -0.25) is 0 Å². The third kappa shape index (κ3) is 7.06. The molecule has 27 heavy (non-hydrogen) atoms. The second-order valence-corrected chi connectivity index (χ2v) is 7.38.